The lowest BCUT2D eigenvalue weighted by atomic mass is 10.2. The molecular weight excluding hydrogens is 377 g/mol. The van der Waals surface area contributed by atoms with E-state index in [1.807, 2.05) is 35.2 Å². The van der Waals surface area contributed by atoms with Crippen LogP contribution in [0.15, 0.2) is 61.1 Å². The Hall–Kier alpha value is -2.83. The van der Waals surface area contributed by atoms with Crippen molar-refractivity contribution in [3.05, 3.63) is 76.7 Å². The highest BCUT2D eigenvalue weighted by Gasteiger charge is 2.13. The summed E-state index contributed by atoms with van der Waals surface area (Å²) in [6.45, 7) is -0.465. The number of hydrogen-bond acceptors (Lipinski definition) is 4. The van der Waals surface area contributed by atoms with Crippen LogP contribution in [-0.4, -0.2) is 28.0 Å². The van der Waals surface area contributed by atoms with Gasteiger partial charge in [0.2, 0.25) is 0 Å². The van der Waals surface area contributed by atoms with Gasteiger partial charge in [-0.25, -0.2) is 9.78 Å². The fourth-order valence-electron chi connectivity index (χ4n) is 2.19. The van der Waals surface area contributed by atoms with Gasteiger partial charge in [0.25, 0.3) is 5.91 Å². The Labute approximate surface area is 159 Å². The third-order valence-corrected chi connectivity index (χ3v) is 3.88. The Morgan fingerprint density at radius 3 is 2.62 bits per heavy atom. The van der Waals surface area contributed by atoms with Gasteiger partial charge >= 0.3 is 5.97 Å². The Balaban J connectivity index is 1.60. The number of carbonyl (C=O) groups excluding carboxylic acids is 2. The number of halogens is 2. The summed E-state index contributed by atoms with van der Waals surface area (Å²) in [6.07, 6.45) is 5.07. The summed E-state index contributed by atoms with van der Waals surface area (Å²) in [7, 11) is 0. The molecule has 26 heavy (non-hydrogen) atoms. The number of ether oxygens (including phenoxy) is 1. The Kier molecular flexibility index (Phi) is 5.55. The van der Waals surface area contributed by atoms with E-state index in [9.17, 15) is 9.59 Å². The molecule has 0 aliphatic carbocycles. The summed E-state index contributed by atoms with van der Waals surface area (Å²) in [5.74, 6) is -1.02. The molecule has 0 saturated heterocycles. The maximum Gasteiger partial charge on any atom is 0.338 e. The molecule has 0 aliphatic heterocycles. The Bertz CT molecular complexity index is 943. The second-order valence-electron chi connectivity index (χ2n) is 5.25. The van der Waals surface area contributed by atoms with E-state index in [1.54, 1.807) is 18.2 Å². The number of nitrogens with one attached hydrogen (secondary N) is 1. The van der Waals surface area contributed by atoms with Crippen LogP contribution in [0.4, 0.5) is 5.82 Å². The molecule has 1 amide bonds. The lowest BCUT2D eigenvalue weighted by Gasteiger charge is -2.08. The lowest BCUT2D eigenvalue weighted by Crippen LogP contribution is -2.21. The SMILES string of the molecule is O=C(COC(=O)c1cccc(-n2cccc2)c1)Nc1ncc(Cl)cc1Cl. The van der Waals surface area contributed by atoms with Gasteiger partial charge in [-0.1, -0.05) is 29.3 Å². The van der Waals surface area contributed by atoms with Crippen LogP contribution in [0.5, 0.6) is 0 Å². The van der Waals surface area contributed by atoms with Crippen molar-refractivity contribution in [3.63, 3.8) is 0 Å². The predicted octanol–water partition coefficient (Wildman–Crippen LogP) is 3.97. The summed E-state index contributed by atoms with van der Waals surface area (Å²) in [6, 6.07) is 12.1. The van der Waals surface area contributed by atoms with E-state index >= 15 is 0 Å². The zero-order chi connectivity index (χ0) is 18.5. The van der Waals surface area contributed by atoms with Gasteiger partial charge in [-0.15, -0.1) is 0 Å². The summed E-state index contributed by atoms with van der Waals surface area (Å²) in [4.78, 5) is 28.0. The van der Waals surface area contributed by atoms with Crippen molar-refractivity contribution in [2.24, 2.45) is 0 Å². The molecule has 0 aliphatic rings. The van der Waals surface area contributed by atoms with Gasteiger partial charge in [-0.2, -0.15) is 0 Å². The van der Waals surface area contributed by atoms with Crippen molar-refractivity contribution in [1.82, 2.24) is 9.55 Å². The summed E-state index contributed by atoms with van der Waals surface area (Å²) in [5, 5.41) is 3.00. The molecule has 1 aromatic carbocycles. The molecule has 2 heterocycles. The molecule has 0 bridgehead atoms. The van der Waals surface area contributed by atoms with Crippen LogP contribution in [0.1, 0.15) is 10.4 Å². The van der Waals surface area contributed by atoms with E-state index in [2.05, 4.69) is 10.3 Å². The minimum absolute atomic E-state index is 0.145. The van der Waals surface area contributed by atoms with Crippen LogP contribution in [0, 0.1) is 0 Å². The van der Waals surface area contributed by atoms with Gasteiger partial charge in [0, 0.05) is 24.3 Å². The molecule has 0 unspecified atom stereocenters. The number of nitrogens with zero attached hydrogens (tertiary/aromatic N) is 2. The largest absolute Gasteiger partial charge is 0.452 e. The fourth-order valence-corrected chi connectivity index (χ4v) is 2.62. The first kappa shape index (κ1) is 18.0. The highest BCUT2D eigenvalue weighted by atomic mass is 35.5. The molecule has 2 aromatic heterocycles. The molecule has 6 nitrogen and oxygen atoms in total. The number of hydrogen-bond donors (Lipinski definition) is 1. The Morgan fingerprint density at radius 1 is 1.12 bits per heavy atom. The van der Waals surface area contributed by atoms with E-state index < -0.39 is 18.5 Å². The molecule has 3 rings (SSSR count). The van der Waals surface area contributed by atoms with Gasteiger partial charge in [-0.3, -0.25) is 4.79 Å². The highest BCUT2D eigenvalue weighted by molar-refractivity contribution is 6.36. The van der Waals surface area contributed by atoms with Gasteiger partial charge in [-0.05, 0) is 36.4 Å². The number of esters is 1. The van der Waals surface area contributed by atoms with E-state index in [1.165, 1.54) is 12.3 Å². The van der Waals surface area contributed by atoms with Crippen LogP contribution < -0.4 is 5.32 Å². The molecule has 0 spiro atoms. The first-order valence-corrected chi connectivity index (χ1v) is 8.30. The van der Waals surface area contributed by atoms with Gasteiger partial charge < -0.3 is 14.6 Å². The number of aromatic nitrogens is 2. The summed E-state index contributed by atoms with van der Waals surface area (Å²) in [5.41, 5.74) is 1.15. The van der Waals surface area contributed by atoms with E-state index in [4.69, 9.17) is 27.9 Å². The van der Waals surface area contributed by atoms with Crippen LogP contribution >= 0.6 is 23.2 Å². The topological polar surface area (TPSA) is 73.2 Å². The third kappa shape index (κ3) is 4.41. The first-order valence-electron chi connectivity index (χ1n) is 7.54. The van der Waals surface area contributed by atoms with Crippen molar-refractivity contribution in [3.8, 4) is 5.69 Å². The third-order valence-electron chi connectivity index (χ3n) is 3.38. The molecule has 0 saturated carbocycles. The van der Waals surface area contributed by atoms with Crippen LogP contribution in [0.25, 0.3) is 5.69 Å². The average Bonchev–Trinajstić information content (AvgIpc) is 3.17. The number of rotatable bonds is 5. The summed E-state index contributed by atoms with van der Waals surface area (Å²) < 4.78 is 6.90. The fraction of sp³-hybridized carbons (Fsp3) is 0.0556. The molecular formula is C18H13Cl2N3O3. The molecule has 0 atom stereocenters. The standard InChI is InChI=1S/C18H13Cl2N3O3/c19-13-9-15(20)17(21-10-13)22-16(24)11-26-18(25)12-4-3-5-14(8-12)23-6-1-2-7-23/h1-10H,11H2,(H,21,22,24). The van der Waals surface area contributed by atoms with E-state index in [0.29, 0.717) is 10.6 Å². The van der Waals surface area contributed by atoms with Crippen molar-refractivity contribution in [2.45, 2.75) is 0 Å². The maximum absolute atomic E-state index is 12.2. The van der Waals surface area contributed by atoms with Crippen molar-refractivity contribution in [2.75, 3.05) is 11.9 Å². The maximum atomic E-state index is 12.2. The lowest BCUT2D eigenvalue weighted by molar-refractivity contribution is -0.119. The Morgan fingerprint density at radius 2 is 1.88 bits per heavy atom. The molecule has 3 aromatic rings. The van der Waals surface area contributed by atoms with Crippen molar-refractivity contribution in [1.29, 1.82) is 0 Å². The second kappa shape index (κ2) is 8.03. The monoisotopic (exact) mass is 389 g/mol. The zero-order valence-electron chi connectivity index (χ0n) is 13.4. The molecule has 0 fully saturated rings. The van der Waals surface area contributed by atoms with Gasteiger partial charge in [0.1, 0.15) is 0 Å². The van der Waals surface area contributed by atoms with Crippen molar-refractivity contribution < 1.29 is 14.3 Å². The number of amides is 1. The molecule has 132 valence electrons. The number of benzene rings is 1. The van der Waals surface area contributed by atoms with Gasteiger partial charge in [0.05, 0.1) is 15.6 Å². The number of pyridine rings is 1. The quantitative estimate of drug-likeness (QED) is 0.669. The average molecular weight is 390 g/mol. The van der Waals surface area contributed by atoms with E-state index in [-0.39, 0.29) is 10.8 Å². The predicted molar refractivity (Wildman–Crippen MR) is 98.9 cm³/mol. The minimum atomic E-state index is -0.607. The first-order chi connectivity index (χ1) is 12.5. The van der Waals surface area contributed by atoms with Crippen molar-refractivity contribution >= 4 is 40.9 Å². The van der Waals surface area contributed by atoms with Crippen LogP contribution in [0.3, 0.4) is 0 Å². The van der Waals surface area contributed by atoms with Crippen LogP contribution in [0.2, 0.25) is 10.0 Å². The van der Waals surface area contributed by atoms with Crippen LogP contribution in [-0.2, 0) is 9.53 Å². The second-order valence-corrected chi connectivity index (χ2v) is 6.09. The smallest absolute Gasteiger partial charge is 0.338 e. The number of carbonyl (C=O) groups is 2. The number of anilines is 1. The highest BCUT2D eigenvalue weighted by Crippen LogP contribution is 2.22. The normalized spacial score (nSPS) is 10.4. The molecule has 1 N–H and O–H groups in total. The van der Waals surface area contributed by atoms with Gasteiger partial charge in [0.15, 0.2) is 12.4 Å². The molecule has 8 heteroatoms. The summed E-state index contributed by atoms with van der Waals surface area (Å²) >= 11 is 11.7. The zero-order valence-corrected chi connectivity index (χ0v) is 14.9. The molecule has 0 radical (unpaired) electrons. The minimum Gasteiger partial charge on any atom is -0.452 e. The van der Waals surface area contributed by atoms with E-state index in [0.717, 1.165) is 5.69 Å².